The largest absolute Gasteiger partial charge is 0.495 e. The van der Waals surface area contributed by atoms with Gasteiger partial charge >= 0.3 is 11.9 Å². The van der Waals surface area contributed by atoms with Crippen LogP contribution in [-0.4, -0.2) is 24.8 Å². The van der Waals surface area contributed by atoms with E-state index in [1.165, 1.54) is 33.1 Å². The van der Waals surface area contributed by atoms with Crippen LogP contribution < -0.4 is 10.1 Å². The molecule has 0 saturated carbocycles. The number of hydrogen-bond acceptors (Lipinski definition) is 6. The van der Waals surface area contributed by atoms with Crippen molar-refractivity contribution in [1.29, 1.82) is 0 Å². The minimum Gasteiger partial charge on any atom is -0.495 e. The predicted octanol–water partition coefficient (Wildman–Crippen LogP) is 2.73. The van der Waals surface area contributed by atoms with Gasteiger partial charge in [-0.2, -0.15) is 0 Å². The molecule has 1 aliphatic heterocycles. The molecular weight excluding hydrogens is 361 g/mol. The summed E-state index contributed by atoms with van der Waals surface area (Å²) in [5.74, 6) is -3.25. The highest BCUT2D eigenvalue weighted by atomic mass is 79.9. The van der Waals surface area contributed by atoms with Crippen molar-refractivity contribution in [2.75, 3.05) is 12.4 Å². The summed E-state index contributed by atoms with van der Waals surface area (Å²) in [5, 5.41) is 2.64. The molecule has 6 nitrogen and oxygen atoms in total. The number of rotatable bonds is 3. The third-order valence-corrected chi connectivity index (χ3v) is 3.48. The van der Waals surface area contributed by atoms with Crippen molar-refractivity contribution in [2.45, 2.75) is 19.6 Å². The zero-order chi connectivity index (χ0) is 16.5. The Labute approximate surface area is 134 Å². The normalized spacial score (nSPS) is 16.7. The minimum absolute atomic E-state index is 0.173. The molecule has 0 aromatic heterocycles. The first-order valence-electron chi connectivity index (χ1n) is 6.20. The predicted molar refractivity (Wildman–Crippen MR) is 78.6 cm³/mol. The molecule has 0 atom stereocenters. The van der Waals surface area contributed by atoms with E-state index in [9.17, 15) is 14.0 Å². The van der Waals surface area contributed by atoms with Gasteiger partial charge in [0, 0.05) is 31.8 Å². The number of benzene rings is 1. The zero-order valence-electron chi connectivity index (χ0n) is 12.0. The molecule has 1 aromatic rings. The topological polar surface area (TPSA) is 73.9 Å². The summed E-state index contributed by atoms with van der Waals surface area (Å²) in [7, 11) is 1.39. The van der Waals surface area contributed by atoms with Gasteiger partial charge in [-0.15, -0.1) is 0 Å². The Kier molecular flexibility index (Phi) is 4.41. The molecule has 0 aliphatic carbocycles. The molecule has 1 fully saturated rings. The fourth-order valence-electron chi connectivity index (χ4n) is 1.73. The van der Waals surface area contributed by atoms with E-state index < -0.39 is 23.5 Å². The molecule has 2 rings (SSSR count). The van der Waals surface area contributed by atoms with E-state index in [1.54, 1.807) is 0 Å². The van der Waals surface area contributed by atoms with Crippen molar-refractivity contribution < 1.29 is 28.2 Å². The first-order chi connectivity index (χ1) is 10.2. The van der Waals surface area contributed by atoms with Gasteiger partial charge in [0.25, 0.3) is 5.79 Å². The van der Waals surface area contributed by atoms with Crippen molar-refractivity contribution in [2.24, 2.45) is 0 Å². The van der Waals surface area contributed by atoms with Gasteiger partial charge in [0.2, 0.25) is 0 Å². The second kappa shape index (κ2) is 5.96. The van der Waals surface area contributed by atoms with E-state index in [-0.39, 0.29) is 21.5 Å². The Balaban J connectivity index is 2.23. The lowest BCUT2D eigenvalue weighted by Gasteiger charge is -2.29. The average Bonchev–Trinajstić information content (AvgIpc) is 2.40. The first kappa shape index (κ1) is 16.3. The average molecular weight is 374 g/mol. The highest BCUT2D eigenvalue weighted by Crippen LogP contribution is 2.31. The number of anilines is 1. The lowest BCUT2D eigenvalue weighted by molar-refractivity contribution is -0.222. The quantitative estimate of drug-likeness (QED) is 0.498. The van der Waals surface area contributed by atoms with Crippen molar-refractivity contribution in [1.82, 2.24) is 0 Å². The number of carbonyl (C=O) groups excluding carboxylic acids is 2. The highest BCUT2D eigenvalue weighted by Gasteiger charge is 2.38. The molecule has 118 valence electrons. The molecule has 1 aromatic carbocycles. The molecule has 1 heterocycles. The summed E-state index contributed by atoms with van der Waals surface area (Å²) in [4.78, 5) is 23.5. The molecule has 0 unspecified atom stereocenters. The van der Waals surface area contributed by atoms with E-state index in [0.29, 0.717) is 0 Å². The van der Waals surface area contributed by atoms with Crippen LogP contribution in [0.1, 0.15) is 13.8 Å². The number of ether oxygens (including phenoxy) is 3. The summed E-state index contributed by atoms with van der Waals surface area (Å²) in [5.41, 5.74) is -0.0305. The summed E-state index contributed by atoms with van der Waals surface area (Å²) in [6.45, 7) is 2.89. The van der Waals surface area contributed by atoms with Crippen molar-refractivity contribution in [3.8, 4) is 5.75 Å². The van der Waals surface area contributed by atoms with Gasteiger partial charge in [-0.25, -0.2) is 14.0 Å². The number of hydrogen-bond donors (Lipinski definition) is 1. The van der Waals surface area contributed by atoms with Gasteiger partial charge in [-0.3, -0.25) is 0 Å². The van der Waals surface area contributed by atoms with Crippen molar-refractivity contribution in [3.05, 3.63) is 34.2 Å². The third kappa shape index (κ3) is 3.38. The fraction of sp³-hybridized carbons (Fsp3) is 0.286. The zero-order valence-corrected chi connectivity index (χ0v) is 13.6. The summed E-state index contributed by atoms with van der Waals surface area (Å²) < 4.78 is 28.7. The smallest absolute Gasteiger partial charge is 0.350 e. The SMILES string of the molecule is COc1cc(NC=C2C(=O)OC(C)(C)OC2=O)cc(F)c1Br. The lowest BCUT2D eigenvalue weighted by atomic mass is 10.2. The van der Waals surface area contributed by atoms with Gasteiger partial charge in [-0.05, 0) is 22.0 Å². The molecule has 22 heavy (non-hydrogen) atoms. The first-order valence-corrected chi connectivity index (χ1v) is 6.99. The maximum atomic E-state index is 13.7. The van der Waals surface area contributed by atoms with Gasteiger partial charge < -0.3 is 19.5 Å². The Hall–Kier alpha value is -2.09. The lowest BCUT2D eigenvalue weighted by Crippen LogP contribution is -2.42. The Morgan fingerprint density at radius 1 is 1.27 bits per heavy atom. The molecule has 1 aliphatic rings. The monoisotopic (exact) mass is 373 g/mol. The number of carbonyl (C=O) groups is 2. The van der Waals surface area contributed by atoms with Crippen LogP contribution in [0.5, 0.6) is 5.75 Å². The number of esters is 2. The molecule has 1 saturated heterocycles. The number of halogens is 2. The second-order valence-corrected chi connectivity index (χ2v) is 5.65. The maximum Gasteiger partial charge on any atom is 0.350 e. The highest BCUT2D eigenvalue weighted by molar-refractivity contribution is 9.10. The number of methoxy groups -OCH3 is 1. The van der Waals surface area contributed by atoms with Crippen LogP contribution in [0.3, 0.4) is 0 Å². The molecule has 0 spiro atoms. The van der Waals surface area contributed by atoms with Crippen LogP contribution in [0.25, 0.3) is 0 Å². The maximum absolute atomic E-state index is 13.7. The Morgan fingerprint density at radius 2 is 1.86 bits per heavy atom. The molecule has 0 amide bonds. The number of nitrogens with one attached hydrogen (secondary N) is 1. The summed E-state index contributed by atoms with van der Waals surface area (Å²) in [6, 6.07) is 2.67. The summed E-state index contributed by atoms with van der Waals surface area (Å²) in [6.07, 6.45) is 1.10. The molecule has 0 bridgehead atoms. The summed E-state index contributed by atoms with van der Waals surface area (Å²) >= 11 is 3.04. The van der Waals surface area contributed by atoms with Crippen LogP contribution in [0, 0.1) is 5.82 Å². The number of cyclic esters (lactones) is 2. The van der Waals surface area contributed by atoms with Crippen LogP contribution in [0.15, 0.2) is 28.4 Å². The molecule has 8 heteroatoms. The Morgan fingerprint density at radius 3 is 2.41 bits per heavy atom. The van der Waals surface area contributed by atoms with E-state index in [0.717, 1.165) is 6.20 Å². The standard InChI is InChI=1S/C14H13BrFNO5/c1-14(2)21-12(18)8(13(19)22-14)6-17-7-4-9(16)11(15)10(5-7)20-3/h4-6,17H,1-3H3. The van der Waals surface area contributed by atoms with Gasteiger partial charge in [0.1, 0.15) is 11.6 Å². The molecular formula is C14H13BrFNO5. The van der Waals surface area contributed by atoms with Gasteiger partial charge in [0.05, 0.1) is 11.6 Å². The van der Waals surface area contributed by atoms with E-state index >= 15 is 0 Å². The van der Waals surface area contributed by atoms with Gasteiger partial charge in [0.15, 0.2) is 5.57 Å². The second-order valence-electron chi connectivity index (χ2n) is 4.86. The van der Waals surface area contributed by atoms with Crippen LogP contribution >= 0.6 is 15.9 Å². The third-order valence-electron chi connectivity index (χ3n) is 2.71. The fourth-order valence-corrected chi connectivity index (χ4v) is 2.12. The van der Waals surface area contributed by atoms with Crippen LogP contribution in [-0.2, 0) is 19.1 Å². The Bertz CT molecular complexity index is 649. The van der Waals surface area contributed by atoms with E-state index in [1.807, 2.05) is 0 Å². The van der Waals surface area contributed by atoms with Crippen molar-refractivity contribution >= 4 is 33.6 Å². The van der Waals surface area contributed by atoms with E-state index in [2.05, 4.69) is 21.2 Å². The molecule has 1 N–H and O–H groups in total. The van der Waals surface area contributed by atoms with Crippen molar-refractivity contribution in [3.63, 3.8) is 0 Å². The molecule has 0 radical (unpaired) electrons. The minimum atomic E-state index is -1.31. The van der Waals surface area contributed by atoms with Crippen LogP contribution in [0.4, 0.5) is 10.1 Å². The van der Waals surface area contributed by atoms with Gasteiger partial charge in [-0.1, -0.05) is 0 Å². The van der Waals surface area contributed by atoms with Crippen LogP contribution in [0.2, 0.25) is 0 Å². The van der Waals surface area contributed by atoms with E-state index in [4.69, 9.17) is 14.2 Å².